The maximum atomic E-state index is 10.7. The highest BCUT2D eigenvalue weighted by atomic mass is 35.5. The third-order valence-corrected chi connectivity index (χ3v) is 5.41. The average molecular weight is 331 g/mol. The van der Waals surface area contributed by atoms with Crippen molar-refractivity contribution >= 4 is 23.2 Å². The van der Waals surface area contributed by atoms with Crippen LogP contribution in [0, 0.1) is 5.92 Å². The van der Waals surface area contributed by atoms with Crippen molar-refractivity contribution in [1.82, 2.24) is 0 Å². The second-order valence-corrected chi connectivity index (χ2v) is 6.83. The van der Waals surface area contributed by atoms with E-state index in [-0.39, 0.29) is 11.5 Å². The predicted octanol–water partition coefficient (Wildman–Crippen LogP) is 4.00. The monoisotopic (exact) mass is 330 g/mol. The van der Waals surface area contributed by atoms with Crippen LogP contribution in [0.15, 0.2) is 18.2 Å². The van der Waals surface area contributed by atoms with E-state index in [1.807, 2.05) is 6.07 Å². The number of aliphatic hydroxyl groups excluding tert-OH is 1. The number of ether oxygens (including phenoxy) is 2. The molecule has 0 aromatic heterocycles. The van der Waals surface area contributed by atoms with Crippen molar-refractivity contribution in [3.63, 3.8) is 0 Å². The Morgan fingerprint density at radius 2 is 1.90 bits per heavy atom. The summed E-state index contributed by atoms with van der Waals surface area (Å²) in [6, 6.07) is 5.36. The standard InChI is InChI=1S/C16H20Cl2O3/c17-13-2-1-11(9-14(13)18)15(19)12-3-6-21-16(10-12)4-7-20-8-5-16/h1-2,9,12,15,19H,3-8,10H2. The largest absolute Gasteiger partial charge is 0.388 e. The highest BCUT2D eigenvalue weighted by Crippen LogP contribution is 2.42. The van der Waals surface area contributed by atoms with Crippen LogP contribution in [0.4, 0.5) is 0 Å². The summed E-state index contributed by atoms with van der Waals surface area (Å²) in [5.41, 5.74) is 0.719. The van der Waals surface area contributed by atoms with Gasteiger partial charge in [-0.3, -0.25) is 0 Å². The van der Waals surface area contributed by atoms with Crippen LogP contribution in [0.25, 0.3) is 0 Å². The highest BCUT2D eigenvalue weighted by Gasteiger charge is 2.41. The van der Waals surface area contributed by atoms with Crippen molar-refractivity contribution in [3.8, 4) is 0 Å². The van der Waals surface area contributed by atoms with Gasteiger partial charge in [-0.05, 0) is 49.3 Å². The third-order valence-electron chi connectivity index (χ3n) is 4.67. The van der Waals surface area contributed by atoms with E-state index in [4.69, 9.17) is 32.7 Å². The fourth-order valence-electron chi connectivity index (χ4n) is 3.40. The van der Waals surface area contributed by atoms with E-state index in [9.17, 15) is 5.11 Å². The molecule has 0 aliphatic carbocycles. The summed E-state index contributed by atoms with van der Waals surface area (Å²) < 4.78 is 11.5. The molecule has 2 aliphatic rings. The molecule has 116 valence electrons. The lowest BCUT2D eigenvalue weighted by Gasteiger charge is -2.44. The highest BCUT2D eigenvalue weighted by molar-refractivity contribution is 6.42. The number of hydrogen-bond donors (Lipinski definition) is 1. The zero-order valence-electron chi connectivity index (χ0n) is 11.9. The molecule has 0 saturated carbocycles. The molecular formula is C16H20Cl2O3. The van der Waals surface area contributed by atoms with Crippen LogP contribution in [-0.4, -0.2) is 30.5 Å². The minimum absolute atomic E-state index is 0.113. The van der Waals surface area contributed by atoms with Crippen molar-refractivity contribution in [1.29, 1.82) is 0 Å². The van der Waals surface area contributed by atoms with Gasteiger partial charge in [0.1, 0.15) is 0 Å². The van der Waals surface area contributed by atoms with Crippen LogP contribution in [0.3, 0.4) is 0 Å². The molecule has 2 atom stereocenters. The number of aliphatic hydroxyl groups is 1. The van der Waals surface area contributed by atoms with Gasteiger partial charge in [-0.25, -0.2) is 0 Å². The molecule has 0 radical (unpaired) electrons. The molecule has 2 heterocycles. The van der Waals surface area contributed by atoms with Gasteiger partial charge in [0, 0.05) is 19.8 Å². The Kier molecular flexibility index (Phi) is 4.77. The Bertz CT molecular complexity index is 495. The van der Waals surface area contributed by atoms with Gasteiger partial charge in [0.15, 0.2) is 0 Å². The normalized spacial score (nSPS) is 26.7. The van der Waals surface area contributed by atoms with Gasteiger partial charge >= 0.3 is 0 Å². The number of rotatable bonds is 2. The lowest BCUT2D eigenvalue weighted by molar-refractivity contribution is -0.159. The Hall–Kier alpha value is -0.320. The van der Waals surface area contributed by atoms with Gasteiger partial charge < -0.3 is 14.6 Å². The Labute approximate surface area is 135 Å². The molecule has 1 N–H and O–H groups in total. The predicted molar refractivity (Wildman–Crippen MR) is 82.9 cm³/mol. The second kappa shape index (κ2) is 6.43. The summed E-state index contributed by atoms with van der Waals surface area (Å²) in [4.78, 5) is 0. The molecule has 2 fully saturated rings. The van der Waals surface area contributed by atoms with Gasteiger partial charge in [0.05, 0.1) is 21.8 Å². The summed E-state index contributed by atoms with van der Waals surface area (Å²) in [5, 5.41) is 11.7. The van der Waals surface area contributed by atoms with E-state index >= 15 is 0 Å². The van der Waals surface area contributed by atoms with Crippen molar-refractivity contribution in [3.05, 3.63) is 33.8 Å². The first-order chi connectivity index (χ1) is 10.1. The lowest BCUT2D eigenvalue weighted by Crippen LogP contribution is -2.45. The minimum atomic E-state index is -0.525. The van der Waals surface area contributed by atoms with Crippen LogP contribution in [0.5, 0.6) is 0 Å². The Morgan fingerprint density at radius 3 is 2.62 bits per heavy atom. The van der Waals surface area contributed by atoms with Gasteiger partial charge in [0.2, 0.25) is 0 Å². The Balaban J connectivity index is 1.74. The van der Waals surface area contributed by atoms with Crippen LogP contribution in [0.2, 0.25) is 10.0 Å². The molecule has 1 aromatic carbocycles. The van der Waals surface area contributed by atoms with Crippen LogP contribution in [0.1, 0.15) is 37.4 Å². The van der Waals surface area contributed by atoms with E-state index in [1.54, 1.807) is 12.1 Å². The molecule has 1 aromatic rings. The summed E-state index contributed by atoms with van der Waals surface area (Å²) >= 11 is 12.0. The molecule has 2 saturated heterocycles. The average Bonchev–Trinajstić information content (AvgIpc) is 2.50. The maximum absolute atomic E-state index is 10.7. The summed E-state index contributed by atoms with van der Waals surface area (Å²) in [7, 11) is 0. The molecule has 3 nitrogen and oxygen atoms in total. The Morgan fingerprint density at radius 1 is 1.14 bits per heavy atom. The number of hydrogen-bond acceptors (Lipinski definition) is 3. The molecule has 2 unspecified atom stereocenters. The van der Waals surface area contributed by atoms with Gasteiger partial charge in [0.25, 0.3) is 0 Å². The number of halogens is 2. The molecule has 5 heteroatoms. The molecule has 1 spiro atoms. The smallest absolute Gasteiger partial charge is 0.0820 e. The molecule has 0 bridgehead atoms. The topological polar surface area (TPSA) is 38.7 Å². The molecule has 21 heavy (non-hydrogen) atoms. The molecular weight excluding hydrogens is 311 g/mol. The summed E-state index contributed by atoms with van der Waals surface area (Å²) in [6.07, 6.45) is 3.04. The molecule has 0 amide bonds. The van der Waals surface area contributed by atoms with E-state index in [0.717, 1.165) is 44.5 Å². The van der Waals surface area contributed by atoms with E-state index < -0.39 is 6.10 Å². The van der Waals surface area contributed by atoms with Crippen molar-refractivity contribution in [2.24, 2.45) is 5.92 Å². The first kappa shape index (κ1) is 15.6. The zero-order valence-corrected chi connectivity index (χ0v) is 13.4. The van der Waals surface area contributed by atoms with Gasteiger partial charge in [-0.15, -0.1) is 0 Å². The van der Waals surface area contributed by atoms with Crippen LogP contribution < -0.4 is 0 Å². The van der Waals surface area contributed by atoms with E-state index in [0.29, 0.717) is 16.7 Å². The maximum Gasteiger partial charge on any atom is 0.0820 e. The third kappa shape index (κ3) is 3.38. The van der Waals surface area contributed by atoms with Crippen LogP contribution >= 0.6 is 23.2 Å². The first-order valence-electron chi connectivity index (χ1n) is 7.44. The SMILES string of the molecule is OC(c1ccc(Cl)c(Cl)c1)C1CCOC2(CCOCC2)C1. The van der Waals surface area contributed by atoms with Gasteiger partial charge in [-0.1, -0.05) is 29.3 Å². The van der Waals surface area contributed by atoms with Crippen molar-refractivity contribution in [2.75, 3.05) is 19.8 Å². The quantitative estimate of drug-likeness (QED) is 0.890. The fraction of sp³-hybridized carbons (Fsp3) is 0.625. The molecule has 2 aliphatic heterocycles. The minimum Gasteiger partial charge on any atom is -0.388 e. The summed E-state index contributed by atoms with van der Waals surface area (Å²) in [5.74, 6) is 0.189. The first-order valence-corrected chi connectivity index (χ1v) is 8.20. The zero-order chi connectivity index (χ0) is 14.9. The fourth-order valence-corrected chi connectivity index (χ4v) is 3.70. The molecule has 3 rings (SSSR count). The number of benzene rings is 1. The van der Waals surface area contributed by atoms with Crippen molar-refractivity contribution in [2.45, 2.75) is 37.4 Å². The van der Waals surface area contributed by atoms with E-state index in [1.165, 1.54) is 0 Å². The second-order valence-electron chi connectivity index (χ2n) is 6.02. The lowest BCUT2D eigenvalue weighted by atomic mass is 9.77. The summed E-state index contributed by atoms with van der Waals surface area (Å²) in [6.45, 7) is 2.19. The van der Waals surface area contributed by atoms with E-state index in [2.05, 4.69) is 0 Å². The van der Waals surface area contributed by atoms with Crippen molar-refractivity contribution < 1.29 is 14.6 Å². The van der Waals surface area contributed by atoms with Gasteiger partial charge in [-0.2, -0.15) is 0 Å². The van der Waals surface area contributed by atoms with Crippen LogP contribution in [-0.2, 0) is 9.47 Å².